The maximum Gasteiger partial charge on any atom is 0.240 e. The average Bonchev–Trinajstić information content (AvgIpc) is 2.79. The molecule has 0 radical (unpaired) electrons. The van der Waals surface area contributed by atoms with Gasteiger partial charge < -0.3 is 10.2 Å². The molecule has 8 heteroatoms. The zero-order valence-electron chi connectivity index (χ0n) is 19.0. The average molecular weight is 459 g/mol. The van der Waals surface area contributed by atoms with Crippen molar-refractivity contribution in [1.82, 2.24) is 9.62 Å². The minimum Gasteiger partial charge on any atom is -0.369 e. The van der Waals surface area contributed by atoms with E-state index in [0.717, 1.165) is 62.5 Å². The Bertz CT molecular complexity index is 985. The summed E-state index contributed by atoms with van der Waals surface area (Å²) in [6.07, 6.45) is 2.23. The van der Waals surface area contributed by atoms with Crippen LogP contribution in [0.3, 0.4) is 0 Å². The predicted molar refractivity (Wildman–Crippen MR) is 130 cm³/mol. The Hall–Kier alpha value is -2.42. The number of benzene rings is 2. The van der Waals surface area contributed by atoms with E-state index in [4.69, 9.17) is 0 Å². The molecule has 174 valence electrons. The summed E-state index contributed by atoms with van der Waals surface area (Å²) in [5, 5.41) is 2.92. The van der Waals surface area contributed by atoms with Gasteiger partial charge in [0.1, 0.15) is 0 Å². The van der Waals surface area contributed by atoms with Gasteiger partial charge in [-0.15, -0.1) is 0 Å². The number of aryl methyl sites for hydroxylation is 1. The Morgan fingerprint density at radius 3 is 2.41 bits per heavy atom. The Labute approximate surface area is 191 Å². The number of carbonyl (C=O) groups excluding carboxylic acids is 1. The summed E-state index contributed by atoms with van der Waals surface area (Å²) in [5.74, 6) is 0.0214. The minimum absolute atomic E-state index is 0.0214. The molecule has 2 aromatic rings. The van der Waals surface area contributed by atoms with Gasteiger partial charge in [0.05, 0.1) is 4.90 Å². The predicted octanol–water partition coefficient (Wildman–Crippen LogP) is 3.22. The molecule has 2 aromatic carbocycles. The van der Waals surface area contributed by atoms with Crippen molar-refractivity contribution < 1.29 is 13.2 Å². The highest BCUT2D eigenvalue weighted by atomic mass is 32.2. The van der Waals surface area contributed by atoms with E-state index in [1.165, 1.54) is 0 Å². The molecule has 1 heterocycles. The number of unbranched alkanes of at least 4 members (excludes halogenated alkanes) is 1. The molecule has 0 saturated carbocycles. The number of piperazine rings is 1. The summed E-state index contributed by atoms with van der Waals surface area (Å²) < 4.78 is 27.4. The zero-order valence-corrected chi connectivity index (χ0v) is 19.8. The van der Waals surface area contributed by atoms with Gasteiger partial charge in [0.2, 0.25) is 15.9 Å². The molecule has 3 rings (SSSR count). The second kappa shape index (κ2) is 11.4. The topological polar surface area (TPSA) is 81.8 Å². The summed E-state index contributed by atoms with van der Waals surface area (Å²) >= 11 is 0. The maximum atomic E-state index is 12.3. The number of amides is 1. The van der Waals surface area contributed by atoms with Crippen molar-refractivity contribution in [2.45, 2.75) is 38.0 Å². The van der Waals surface area contributed by atoms with Gasteiger partial charge in [0.15, 0.2) is 0 Å². The van der Waals surface area contributed by atoms with E-state index in [0.29, 0.717) is 17.9 Å². The summed E-state index contributed by atoms with van der Waals surface area (Å²) in [6.45, 7) is 9.02. The molecule has 0 aliphatic carbocycles. The third-order valence-corrected chi connectivity index (χ3v) is 7.19. The lowest BCUT2D eigenvalue weighted by Gasteiger charge is -2.36. The summed E-state index contributed by atoms with van der Waals surface area (Å²) in [4.78, 5) is 16.7. The van der Waals surface area contributed by atoms with Gasteiger partial charge in [-0.25, -0.2) is 13.1 Å². The lowest BCUT2D eigenvalue weighted by molar-refractivity contribution is -0.115. The van der Waals surface area contributed by atoms with E-state index in [9.17, 15) is 13.2 Å². The normalized spacial score (nSPS) is 15.0. The molecule has 0 atom stereocenters. The van der Waals surface area contributed by atoms with Gasteiger partial charge in [0.25, 0.3) is 0 Å². The standard InChI is InChI=1S/C24H34N4O3S/c1-3-24(29)26-21-7-6-8-22(19-21)28-17-15-27(16-18-28)14-5-4-13-25-32(30,31)23-11-9-20(2)10-12-23/h6-12,19,25H,3-5,13-18H2,1-2H3,(H,26,29). The van der Waals surface area contributed by atoms with Crippen LogP contribution in [0.2, 0.25) is 0 Å². The monoisotopic (exact) mass is 458 g/mol. The first kappa shape index (κ1) is 24.2. The van der Waals surface area contributed by atoms with Gasteiger partial charge in [-0.2, -0.15) is 0 Å². The molecule has 1 fully saturated rings. The van der Waals surface area contributed by atoms with Crippen LogP contribution >= 0.6 is 0 Å². The number of rotatable bonds is 10. The molecule has 0 unspecified atom stereocenters. The largest absolute Gasteiger partial charge is 0.369 e. The fourth-order valence-electron chi connectivity index (χ4n) is 3.73. The van der Waals surface area contributed by atoms with E-state index < -0.39 is 10.0 Å². The van der Waals surface area contributed by atoms with E-state index in [2.05, 4.69) is 25.9 Å². The van der Waals surface area contributed by atoms with Gasteiger partial charge in [0, 0.05) is 50.5 Å². The van der Waals surface area contributed by atoms with Crippen LogP contribution in [0.4, 0.5) is 11.4 Å². The number of nitrogens with zero attached hydrogens (tertiary/aromatic N) is 2. The van der Waals surface area contributed by atoms with E-state index in [1.807, 2.05) is 44.2 Å². The molecule has 2 N–H and O–H groups in total. The molecule has 32 heavy (non-hydrogen) atoms. The Balaban J connectivity index is 1.36. The van der Waals surface area contributed by atoms with Crippen molar-refractivity contribution in [1.29, 1.82) is 0 Å². The van der Waals surface area contributed by atoms with Gasteiger partial charge >= 0.3 is 0 Å². The van der Waals surface area contributed by atoms with Crippen LogP contribution < -0.4 is 14.9 Å². The molecular formula is C24H34N4O3S. The van der Waals surface area contributed by atoms with Gasteiger partial charge in [-0.3, -0.25) is 9.69 Å². The second-order valence-corrected chi connectivity index (χ2v) is 9.97. The first-order valence-corrected chi connectivity index (χ1v) is 12.8. The third-order valence-electron chi connectivity index (χ3n) is 5.71. The van der Waals surface area contributed by atoms with Crippen LogP contribution in [0.5, 0.6) is 0 Å². The fraction of sp³-hybridized carbons (Fsp3) is 0.458. The van der Waals surface area contributed by atoms with E-state index >= 15 is 0 Å². The number of hydrogen-bond acceptors (Lipinski definition) is 5. The highest BCUT2D eigenvalue weighted by Gasteiger charge is 2.18. The molecule has 0 aromatic heterocycles. The Morgan fingerprint density at radius 1 is 1.00 bits per heavy atom. The number of carbonyl (C=O) groups is 1. The molecule has 1 saturated heterocycles. The Kier molecular flexibility index (Phi) is 8.67. The zero-order chi connectivity index (χ0) is 23.0. The first-order chi connectivity index (χ1) is 15.4. The van der Waals surface area contributed by atoms with Crippen LogP contribution in [0.25, 0.3) is 0 Å². The number of sulfonamides is 1. The number of anilines is 2. The van der Waals surface area contributed by atoms with Crippen molar-refractivity contribution in [2.75, 3.05) is 49.5 Å². The van der Waals surface area contributed by atoms with Crippen LogP contribution in [0.15, 0.2) is 53.4 Å². The van der Waals surface area contributed by atoms with Crippen molar-refractivity contribution in [3.05, 3.63) is 54.1 Å². The van der Waals surface area contributed by atoms with Crippen molar-refractivity contribution in [3.63, 3.8) is 0 Å². The lowest BCUT2D eigenvalue weighted by atomic mass is 10.2. The fourth-order valence-corrected chi connectivity index (χ4v) is 4.80. The van der Waals surface area contributed by atoms with E-state index in [-0.39, 0.29) is 5.91 Å². The second-order valence-electron chi connectivity index (χ2n) is 8.20. The molecule has 1 aliphatic heterocycles. The summed E-state index contributed by atoms with van der Waals surface area (Å²) in [5.41, 5.74) is 3.01. The summed E-state index contributed by atoms with van der Waals surface area (Å²) in [7, 11) is -3.43. The molecule has 1 aliphatic rings. The number of nitrogens with one attached hydrogen (secondary N) is 2. The molecule has 1 amide bonds. The van der Waals surface area contributed by atoms with Crippen molar-refractivity contribution in [2.24, 2.45) is 0 Å². The molecule has 0 spiro atoms. The van der Waals surface area contributed by atoms with Crippen LogP contribution in [-0.2, 0) is 14.8 Å². The smallest absolute Gasteiger partial charge is 0.240 e. The van der Waals surface area contributed by atoms with Crippen molar-refractivity contribution in [3.8, 4) is 0 Å². The van der Waals surface area contributed by atoms with Gasteiger partial charge in [-0.1, -0.05) is 30.7 Å². The molecule has 7 nitrogen and oxygen atoms in total. The Morgan fingerprint density at radius 2 is 1.72 bits per heavy atom. The van der Waals surface area contributed by atoms with E-state index in [1.54, 1.807) is 12.1 Å². The first-order valence-electron chi connectivity index (χ1n) is 11.3. The van der Waals surface area contributed by atoms with Crippen molar-refractivity contribution >= 4 is 27.3 Å². The summed E-state index contributed by atoms with van der Waals surface area (Å²) in [6, 6.07) is 14.9. The highest BCUT2D eigenvalue weighted by molar-refractivity contribution is 7.89. The lowest BCUT2D eigenvalue weighted by Crippen LogP contribution is -2.46. The van der Waals surface area contributed by atoms with Gasteiger partial charge in [-0.05, 0) is 56.6 Å². The quantitative estimate of drug-likeness (QED) is 0.534. The number of hydrogen-bond donors (Lipinski definition) is 2. The third kappa shape index (κ3) is 7.05. The van der Waals surface area contributed by atoms with Crippen LogP contribution in [0.1, 0.15) is 31.7 Å². The maximum absolute atomic E-state index is 12.3. The van der Waals surface area contributed by atoms with Crippen LogP contribution in [0, 0.1) is 6.92 Å². The highest BCUT2D eigenvalue weighted by Crippen LogP contribution is 2.21. The van der Waals surface area contributed by atoms with Crippen LogP contribution in [-0.4, -0.2) is 58.5 Å². The minimum atomic E-state index is -3.43. The molecular weight excluding hydrogens is 424 g/mol. The SMILES string of the molecule is CCC(=O)Nc1cccc(N2CCN(CCCCNS(=O)(=O)c3ccc(C)cc3)CC2)c1. The molecule has 0 bridgehead atoms.